The SMILES string of the molecule is N#Cc1cccc(C#N)c1NCCOCC(F)(F)F. The molecule has 0 bridgehead atoms. The monoisotopic (exact) mass is 269 g/mol. The first-order chi connectivity index (χ1) is 8.98. The number of hydrogen-bond acceptors (Lipinski definition) is 4. The summed E-state index contributed by atoms with van der Waals surface area (Å²) in [6.45, 7) is -1.42. The first kappa shape index (κ1) is 14.8. The molecule has 19 heavy (non-hydrogen) atoms. The molecule has 0 amide bonds. The summed E-state index contributed by atoms with van der Waals surface area (Å²) < 4.78 is 39.8. The van der Waals surface area contributed by atoms with E-state index in [0.717, 1.165) is 0 Å². The van der Waals surface area contributed by atoms with Crippen molar-refractivity contribution in [3.05, 3.63) is 29.3 Å². The second-order valence-electron chi connectivity index (χ2n) is 3.55. The van der Waals surface area contributed by atoms with E-state index in [1.807, 2.05) is 12.1 Å². The van der Waals surface area contributed by atoms with Gasteiger partial charge in [-0.25, -0.2) is 0 Å². The topological polar surface area (TPSA) is 68.8 Å². The molecule has 1 rings (SSSR count). The molecule has 0 saturated carbocycles. The zero-order valence-electron chi connectivity index (χ0n) is 9.79. The number of anilines is 1. The fourth-order valence-electron chi connectivity index (χ4n) is 1.37. The Labute approximate surface area is 108 Å². The minimum Gasteiger partial charge on any atom is -0.381 e. The predicted octanol–water partition coefficient (Wildman–Crippen LogP) is 2.42. The van der Waals surface area contributed by atoms with E-state index < -0.39 is 12.8 Å². The molecule has 1 N–H and O–H groups in total. The maximum absolute atomic E-state index is 11.8. The number of nitrogens with one attached hydrogen (secondary N) is 1. The van der Waals surface area contributed by atoms with Crippen molar-refractivity contribution >= 4 is 5.69 Å². The van der Waals surface area contributed by atoms with Gasteiger partial charge in [0.2, 0.25) is 0 Å². The Kier molecular flexibility index (Phi) is 5.16. The van der Waals surface area contributed by atoms with Crippen LogP contribution in [0.3, 0.4) is 0 Å². The van der Waals surface area contributed by atoms with E-state index >= 15 is 0 Å². The minimum absolute atomic E-state index is 0.0729. The van der Waals surface area contributed by atoms with Gasteiger partial charge in [-0.05, 0) is 12.1 Å². The fourth-order valence-corrected chi connectivity index (χ4v) is 1.37. The van der Waals surface area contributed by atoms with Gasteiger partial charge in [0, 0.05) is 6.54 Å². The highest BCUT2D eigenvalue weighted by molar-refractivity contribution is 5.66. The van der Waals surface area contributed by atoms with Crippen molar-refractivity contribution in [2.75, 3.05) is 25.1 Å². The average Bonchev–Trinajstić information content (AvgIpc) is 2.36. The molecule has 0 heterocycles. The van der Waals surface area contributed by atoms with Crippen LogP contribution in [0, 0.1) is 22.7 Å². The van der Waals surface area contributed by atoms with Crippen molar-refractivity contribution in [3.8, 4) is 12.1 Å². The molecule has 0 unspecified atom stereocenters. The third kappa shape index (κ3) is 4.86. The van der Waals surface area contributed by atoms with Crippen LogP contribution in [0.2, 0.25) is 0 Å². The molecule has 0 aromatic heterocycles. The summed E-state index contributed by atoms with van der Waals surface area (Å²) >= 11 is 0. The lowest BCUT2D eigenvalue weighted by Crippen LogP contribution is -2.20. The summed E-state index contributed by atoms with van der Waals surface area (Å²) in [6.07, 6.45) is -4.36. The van der Waals surface area contributed by atoms with E-state index in [9.17, 15) is 13.2 Å². The van der Waals surface area contributed by atoms with Gasteiger partial charge >= 0.3 is 6.18 Å². The third-order valence-electron chi connectivity index (χ3n) is 2.12. The number of hydrogen-bond donors (Lipinski definition) is 1. The summed E-state index contributed by atoms with van der Waals surface area (Å²) in [5.74, 6) is 0. The number of rotatable bonds is 5. The van der Waals surface area contributed by atoms with Crippen LogP contribution in [0.15, 0.2) is 18.2 Å². The Bertz CT molecular complexity index is 482. The molecule has 0 aliphatic rings. The summed E-state index contributed by atoms with van der Waals surface area (Å²) in [5.41, 5.74) is 0.827. The van der Waals surface area contributed by atoms with E-state index in [4.69, 9.17) is 10.5 Å². The lowest BCUT2D eigenvalue weighted by atomic mass is 10.1. The average molecular weight is 269 g/mol. The molecule has 7 heteroatoms. The van der Waals surface area contributed by atoms with Crippen LogP contribution in [0.4, 0.5) is 18.9 Å². The van der Waals surface area contributed by atoms with Gasteiger partial charge in [0.05, 0.1) is 23.4 Å². The molecule has 1 aromatic rings. The van der Waals surface area contributed by atoms with Crippen molar-refractivity contribution in [2.45, 2.75) is 6.18 Å². The molecule has 1 aromatic carbocycles. The van der Waals surface area contributed by atoms with Crippen molar-refractivity contribution in [1.29, 1.82) is 10.5 Å². The zero-order chi connectivity index (χ0) is 14.3. The molecule has 0 aliphatic carbocycles. The Morgan fingerprint density at radius 3 is 2.21 bits per heavy atom. The third-order valence-corrected chi connectivity index (χ3v) is 2.12. The lowest BCUT2D eigenvalue weighted by molar-refractivity contribution is -0.172. The second kappa shape index (κ2) is 6.62. The van der Waals surface area contributed by atoms with Crippen molar-refractivity contribution in [3.63, 3.8) is 0 Å². The van der Waals surface area contributed by atoms with E-state index in [1.54, 1.807) is 6.07 Å². The highest BCUT2D eigenvalue weighted by Crippen LogP contribution is 2.19. The summed E-state index contributed by atoms with van der Waals surface area (Å²) in [5, 5.41) is 20.5. The predicted molar refractivity (Wildman–Crippen MR) is 61.2 cm³/mol. The number of halogens is 3. The number of para-hydroxylation sites is 1. The molecular formula is C12H10F3N3O. The maximum Gasteiger partial charge on any atom is 0.411 e. The molecule has 0 radical (unpaired) electrons. The zero-order valence-corrected chi connectivity index (χ0v) is 9.79. The number of alkyl halides is 3. The van der Waals surface area contributed by atoms with Crippen LogP contribution < -0.4 is 5.32 Å². The molecule has 0 spiro atoms. The molecule has 0 saturated heterocycles. The van der Waals surface area contributed by atoms with Gasteiger partial charge in [-0.1, -0.05) is 6.07 Å². The van der Waals surface area contributed by atoms with Crippen molar-refractivity contribution < 1.29 is 17.9 Å². The molecule has 0 fully saturated rings. The molecular weight excluding hydrogens is 259 g/mol. The van der Waals surface area contributed by atoms with Gasteiger partial charge < -0.3 is 10.1 Å². The van der Waals surface area contributed by atoms with Gasteiger partial charge in [0.15, 0.2) is 0 Å². The van der Waals surface area contributed by atoms with Gasteiger partial charge in [0.25, 0.3) is 0 Å². The van der Waals surface area contributed by atoms with Gasteiger partial charge in [-0.15, -0.1) is 0 Å². The smallest absolute Gasteiger partial charge is 0.381 e. The van der Waals surface area contributed by atoms with Crippen LogP contribution in [-0.2, 0) is 4.74 Å². The number of ether oxygens (including phenoxy) is 1. The Morgan fingerprint density at radius 2 is 1.74 bits per heavy atom. The number of nitriles is 2. The van der Waals surface area contributed by atoms with E-state index in [0.29, 0.717) is 5.69 Å². The van der Waals surface area contributed by atoms with E-state index in [2.05, 4.69) is 10.1 Å². The number of benzene rings is 1. The first-order valence-electron chi connectivity index (χ1n) is 5.29. The van der Waals surface area contributed by atoms with Gasteiger partial charge in [-0.3, -0.25) is 0 Å². The Balaban J connectivity index is 2.55. The fraction of sp³-hybridized carbons (Fsp3) is 0.333. The molecule has 0 atom stereocenters. The first-order valence-corrected chi connectivity index (χ1v) is 5.29. The second-order valence-corrected chi connectivity index (χ2v) is 3.55. The van der Waals surface area contributed by atoms with Crippen LogP contribution in [0.1, 0.15) is 11.1 Å². The largest absolute Gasteiger partial charge is 0.411 e. The summed E-state index contributed by atoms with van der Waals surface area (Å²) in [4.78, 5) is 0. The van der Waals surface area contributed by atoms with Crippen molar-refractivity contribution in [2.24, 2.45) is 0 Å². The number of nitrogens with zero attached hydrogens (tertiary/aromatic N) is 2. The summed E-state index contributed by atoms with van der Waals surface area (Å²) in [6, 6.07) is 8.39. The molecule has 4 nitrogen and oxygen atoms in total. The van der Waals surface area contributed by atoms with Crippen LogP contribution in [0.5, 0.6) is 0 Å². The Hall–Kier alpha value is -2.25. The summed E-state index contributed by atoms with van der Waals surface area (Å²) in [7, 11) is 0. The van der Waals surface area contributed by atoms with Crippen molar-refractivity contribution in [1.82, 2.24) is 0 Å². The minimum atomic E-state index is -4.36. The quantitative estimate of drug-likeness (QED) is 0.833. The van der Waals surface area contributed by atoms with E-state index in [-0.39, 0.29) is 24.3 Å². The van der Waals surface area contributed by atoms with Gasteiger partial charge in [0.1, 0.15) is 18.7 Å². The lowest BCUT2D eigenvalue weighted by Gasteiger charge is -2.11. The normalized spacial score (nSPS) is 10.6. The van der Waals surface area contributed by atoms with Crippen LogP contribution >= 0.6 is 0 Å². The maximum atomic E-state index is 11.8. The van der Waals surface area contributed by atoms with Crippen LogP contribution in [0.25, 0.3) is 0 Å². The van der Waals surface area contributed by atoms with Crippen LogP contribution in [-0.4, -0.2) is 25.9 Å². The highest BCUT2D eigenvalue weighted by atomic mass is 19.4. The Morgan fingerprint density at radius 1 is 1.16 bits per heavy atom. The molecule has 100 valence electrons. The highest BCUT2D eigenvalue weighted by Gasteiger charge is 2.27. The molecule has 0 aliphatic heterocycles. The van der Waals surface area contributed by atoms with Gasteiger partial charge in [-0.2, -0.15) is 23.7 Å². The van der Waals surface area contributed by atoms with E-state index in [1.165, 1.54) is 12.1 Å². The standard InChI is InChI=1S/C12H10F3N3O/c13-12(14,15)8-19-5-4-18-11-9(6-16)2-1-3-10(11)7-17/h1-3,18H,4-5,8H2.